The maximum absolute atomic E-state index is 13.8. The average molecular weight is 373 g/mol. The van der Waals surface area contributed by atoms with E-state index in [4.69, 9.17) is 10.5 Å². The Morgan fingerprint density at radius 2 is 2.08 bits per heavy atom. The Bertz CT molecular complexity index is 798. The molecule has 0 bridgehead atoms. The van der Waals surface area contributed by atoms with Crippen molar-refractivity contribution in [3.63, 3.8) is 0 Å². The summed E-state index contributed by atoms with van der Waals surface area (Å²) < 4.78 is 30.8. The van der Waals surface area contributed by atoms with Gasteiger partial charge in [-0.3, -0.25) is 0 Å². The van der Waals surface area contributed by atoms with Gasteiger partial charge in [0.25, 0.3) is 0 Å². The Balaban J connectivity index is 0.00000144. The van der Waals surface area contributed by atoms with Crippen LogP contribution in [-0.4, -0.2) is 32.0 Å². The molecular weight excluding hydrogens is 362 g/mol. The summed E-state index contributed by atoms with van der Waals surface area (Å²) in [5, 5.41) is 0. The number of imidazole rings is 1. The van der Waals surface area contributed by atoms with Crippen molar-refractivity contribution in [3.8, 4) is 0 Å². The molecule has 0 spiro atoms. The van der Waals surface area contributed by atoms with Crippen molar-refractivity contribution in [1.82, 2.24) is 19.5 Å². The van der Waals surface area contributed by atoms with E-state index in [2.05, 4.69) is 15.0 Å². The largest absolute Gasteiger partial charge is 1.00 e. The number of hydrogen-bond acceptors (Lipinski definition) is 8. The first-order valence-electron chi connectivity index (χ1n) is 6.28. The molecule has 0 amide bonds. The number of nitrogens with two attached hydrogens (primary N) is 1. The van der Waals surface area contributed by atoms with Gasteiger partial charge in [0.15, 0.2) is 11.5 Å². The van der Waals surface area contributed by atoms with E-state index in [1.165, 1.54) is 18.7 Å². The topological polar surface area (TPSA) is 142 Å². The van der Waals surface area contributed by atoms with Gasteiger partial charge in [-0.15, -0.1) is 0 Å². The Kier molecular flexibility index (Phi) is 8.02. The molecule has 0 aromatic carbocycles. The second-order valence-corrected chi connectivity index (χ2v) is 6.31. The Labute approximate surface area is 180 Å². The van der Waals surface area contributed by atoms with Crippen molar-refractivity contribution in [3.05, 3.63) is 24.6 Å². The minimum atomic E-state index is -4.84. The third-order valence-electron chi connectivity index (χ3n) is 3.29. The average Bonchev–Trinajstić information content (AvgIpc) is 3.00. The molecule has 2 N–H and O–H groups in total. The Morgan fingerprint density at radius 1 is 1.38 bits per heavy atom. The molecule has 2 aromatic rings. The van der Waals surface area contributed by atoms with Crippen molar-refractivity contribution in [2.75, 3.05) is 12.1 Å². The molecule has 9 nitrogen and oxygen atoms in total. The number of fused-ring (bicyclic) bond motifs is 1. The molecule has 1 aliphatic carbocycles. The molecule has 118 valence electrons. The van der Waals surface area contributed by atoms with E-state index in [-0.39, 0.29) is 71.4 Å². The molecule has 2 unspecified atom stereocenters. The van der Waals surface area contributed by atoms with Crippen molar-refractivity contribution in [2.45, 2.75) is 18.6 Å². The van der Waals surface area contributed by atoms with Crippen molar-refractivity contribution >= 4 is 24.6 Å². The van der Waals surface area contributed by atoms with Crippen LogP contribution in [0.4, 0.5) is 10.2 Å². The summed E-state index contributed by atoms with van der Waals surface area (Å²) in [7, 11) is -4.84. The van der Waals surface area contributed by atoms with Gasteiger partial charge in [0.05, 0.1) is 18.7 Å². The molecule has 2 atom stereocenters. The van der Waals surface area contributed by atoms with Gasteiger partial charge in [-0.25, -0.2) is 19.3 Å². The van der Waals surface area contributed by atoms with Crippen molar-refractivity contribution in [2.24, 2.45) is 0 Å². The molecule has 0 aliphatic heterocycles. The van der Waals surface area contributed by atoms with E-state index in [1.807, 2.05) is 0 Å². The smallest absolute Gasteiger partial charge is 0.809 e. The van der Waals surface area contributed by atoms with Gasteiger partial charge in [0.1, 0.15) is 23.8 Å². The fraction of sp³-hybridized carbons (Fsp3) is 0.364. The maximum atomic E-state index is 13.8. The van der Waals surface area contributed by atoms with E-state index in [1.54, 1.807) is 4.57 Å². The maximum Gasteiger partial charge on any atom is 1.00 e. The Hall–Kier alpha value is 0.130. The minimum absolute atomic E-state index is 0. The normalized spacial score (nSPS) is 20.4. The molecule has 0 saturated heterocycles. The van der Waals surface area contributed by atoms with Crippen LogP contribution in [-0.2, 0) is 9.30 Å². The SMILES string of the molecule is Nc1ncnc2c1ncn2C1C=C(F)C(OCP(=O)([O-])[O-])C1.[Na+].[Na+]. The van der Waals surface area contributed by atoms with Crippen LogP contribution in [0.15, 0.2) is 24.6 Å². The van der Waals surface area contributed by atoms with Crippen LogP contribution < -0.4 is 74.6 Å². The second-order valence-electron chi connectivity index (χ2n) is 4.83. The second kappa shape index (κ2) is 8.68. The summed E-state index contributed by atoms with van der Waals surface area (Å²) in [6.07, 6.45) is 1.97. The number of aromatic nitrogens is 4. The number of nitrogen functional groups attached to an aromatic ring is 1. The molecule has 2 aromatic heterocycles. The summed E-state index contributed by atoms with van der Waals surface area (Å²) in [5.74, 6) is -0.431. The van der Waals surface area contributed by atoms with Gasteiger partial charge in [-0.05, 0) is 13.7 Å². The molecule has 24 heavy (non-hydrogen) atoms. The summed E-state index contributed by atoms with van der Waals surface area (Å²) in [5.41, 5.74) is 6.50. The van der Waals surface area contributed by atoms with Crippen LogP contribution in [0, 0.1) is 0 Å². The summed E-state index contributed by atoms with van der Waals surface area (Å²) in [4.78, 5) is 33.1. The number of halogens is 1. The zero-order valence-electron chi connectivity index (χ0n) is 13.1. The van der Waals surface area contributed by atoms with Crippen LogP contribution in [0.3, 0.4) is 0 Å². The number of nitrogens with zero attached hydrogens (tertiary/aromatic N) is 4. The van der Waals surface area contributed by atoms with Crippen LogP contribution in [0.5, 0.6) is 0 Å². The van der Waals surface area contributed by atoms with E-state index >= 15 is 0 Å². The first-order chi connectivity index (χ1) is 10.3. The first kappa shape index (κ1) is 22.2. The predicted octanol–water partition coefficient (Wildman–Crippen LogP) is -6.53. The molecule has 0 fully saturated rings. The standard InChI is InChI=1S/C11H13FN5O4P.2Na/c12-7-1-6(2-8(7)21-5-22(18,19)20)17-4-16-9-10(13)14-3-15-11(9)17;;/h1,3-4,6,8H,2,5H2,(H2,13,14,15)(H2,18,19,20);;/q;2*+1/p-2. The molecule has 13 heteroatoms. The number of ether oxygens (including phenoxy) is 1. The van der Waals surface area contributed by atoms with E-state index in [9.17, 15) is 18.7 Å². The molecule has 0 saturated carbocycles. The van der Waals surface area contributed by atoms with Gasteiger partial charge in [0, 0.05) is 6.42 Å². The third-order valence-corrected chi connectivity index (χ3v) is 3.76. The number of anilines is 1. The van der Waals surface area contributed by atoms with Gasteiger partial charge < -0.3 is 29.4 Å². The van der Waals surface area contributed by atoms with Crippen LogP contribution >= 0.6 is 7.60 Å². The van der Waals surface area contributed by atoms with Crippen LogP contribution in [0.2, 0.25) is 0 Å². The number of allylic oxidation sites excluding steroid dienone is 1. The molecule has 3 rings (SSSR count). The van der Waals surface area contributed by atoms with Crippen molar-refractivity contribution < 1.29 is 82.6 Å². The zero-order chi connectivity index (χ0) is 15.9. The van der Waals surface area contributed by atoms with E-state index in [0.29, 0.717) is 11.2 Å². The molecule has 0 radical (unpaired) electrons. The third kappa shape index (κ3) is 4.85. The van der Waals surface area contributed by atoms with Crippen LogP contribution in [0.25, 0.3) is 11.2 Å². The molecule has 1 aliphatic rings. The number of rotatable bonds is 4. The van der Waals surface area contributed by atoms with Gasteiger partial charge >= 0.3 is 59.1 Å². The Morgan fingerprint density at radius 3 is 2.75 bits per heavy atom. The summed E-state index contributed by atoms with van der Waals surface area (Å²) in [6, 6.07) is -0.470. The van der Waals surface area contributed by atoms with Gasteiger partial charge in [0.2, 0.25) is 0 Å². The van der Waals surface area contributed by atoms with E-state index < -0.39 is 31.9 Å². The van der Waals surface area contributed by atoms with Gasteiger partial charge in [-0.2, -0.15) is 0 Å². The zero-order valence-corrected chi connectivity index (χ0v) is 18.0. The molecular formula is C11H11FN5Na2O4P. The minimum Gasteiger partial charge on any atom is -0.809 e. The van der Waals surface area contributed by atoms with E-state index in [0.717, 1.165) is 0 Å². The summed E-state index contributed by atoms with van der Waals surface area (Å²) in [6.45, 7) is 0. The quantitative estimate of drug-likeness (QED) is 0.412. The van der Waals surface area contributed by atoms with Crippen molar-refractivity contribution in [1.29, 1.82) is 0 Å². The van der Waals surface area contributed by atoms with Crippen LogP contribution in [0.1, 0.15) is 12.5 Å². The fourth-order valence-electron chi connectivity index (χ4n) is 2.33. The summed E-state index contributed by atoms with van der Waals surface area (Å²) >= 11 is 0. The monoisotopic (exact) mass is 373 g/mol. The van der Waals surface area contributed by atoms with Gasteiger partial charge in [-0.1, -0.05) is 0 Å². The predicted molar refractivity (Wildman–Crippen MR) is 69.9 cm³/mol. The first-order valence-corrected chi connectivity index (χ1v) is 8.01. The number of hydrogen-bond donors (Lipinski definition) is 1. The fourth-order valence-corrected chi connectivity index (χ4v) is 2.69. The molecule has 2 heterocycles.